The Hall–Kier alpha value is -2.79. The lowest BCUT2D eigenvalue weighted by molar-refractivity contribution is -0.112. The summed E-state index contributed by atoms with van der Waals surface area (Å²) in [6.07, 6.45) is 1.30. The first-order valence-corrected chi connectivity index (χ1v) is 7.27. The molecule has 0 saturated heterocycles. The zero-order valence-electron chi connectivity index (χ0n) is 11.4. The molecule has 0 bridgehead atoms. The van der Waals surface area contributed by atoms with Crippen LogP contribution in [0.15, 0.2) is 41.0 Å². The first-order valence-electron chi connectivity index (χ1n) is 6.29. The van der Waals surface area contributed by atoms with Crippen LogP contribution in [0.5, 0.6) is 0 Å². The van der Waals surface area contributed by atoms with Crippen molar-refractivity contribution in [1.82, 2.24) is 5.32 Å². The number of aromatic carboxylic acids is 1. The molecule has 3 N–H and O–H groups in total. The van der Waals surface area contributed by atoms with Crippen LogP contribution in [0.4, 0.5) is 5.69 Å². The molecule has 7 nitrogen and oxygen atoms in total. The fraction of sp³-hybridized carbons (Fsp3) is 0.143. The number of carboxylic acid groups (broad SMARTS) is 1. The van der Waals surface area contributed by atoms with E-state index in [9.17, 15) is 9.59 Å². The lowest BCUT2D eigenvalue weighted by Crippen LogP contribution is -2.18. The second-order valence-corrected chi connectivity index (χ2v) is 5.27. The summed E-state index contributed by atoms with van der Waals surface area (Å²) in [5.41, 5.74) is 0.424. The average molecular weight is 316 g/mol. The molecule has 1 aromatic rings. The summed E-state index contributed by atoms with van der Waals surface area (Å²) in [6.45, 7) is 0.713. The van der Waals surface area contributed by atoms with Gasteiger partial charge in [0.1, 0.15) is 11.6 Å². The largest absolute Gasteiger partial charge is 0.478 e. The maximum Gasteiger partial charge on any atom is 0.335 e. The maximum absolute atomic E-state index is 12.0. The zero-order chi connectivity index (χ0) is 15.9. The van der Waals surface area contributed by atoms with Crippen LogP contribution in [-0.2, 0) is 4.79 Å². The molecule has 0 fully saturated rings. The number of aliphatic imine (C=N–C) groups is 1. The Morgan fingerprint density at radius 3 is 2.64 bits per heavy atom. The zero-order valence-corrected chi connectivity index (χ0v) is 12.2. The number of thioether (sulfide) groups is 1. The van der Waals surface area contributed by atoms with Crippen LogP contribution in [0.25, 0.3) is 0 Å². The van der Waals surface area contributed by atoms with Gasteiger partial charge in [0.15, 0.2) is 5.17 Å². The van der Waals surface area contributed by atoms with Crippen molar-refractivity contribution in [2.24, 2.45) is 4.99 Å². The van der Waals surface area contributed by atoms with Crippen LogP contribution in [0.2, 0.25) is 0 Å². The summed E-state index contributed by atoms with van der Waals surface area (Å²) in [6, 6.07) is 7.46. The Balaban J connectivity index is 2.01. The third-order valence-corrected chi connectivity index (χ3v) is 3.59. The number of amidine groups is 1. The molecule has 1 aromatic carbocycles. The van der Waals surface area contributed by atoms with Gasteiger partial charge < -0.3 is 15.7 Å². The van der Waals surface area contributed by atoms with Gasteiger partial charge >= 0.3 is 5.97 Å². The van der Waals surface area contributed by atoms with Crippen molar-refractivity contribution in [3.63, 3.8) is 0 Å². The number of hydrogen-bond donors (Lipinski definition) is 3. The number of nitrogens with zero attached hydrogens (tertiary/aromatic N) is 2. The summed E-state index contributed by atoms with van der Waals surface area (Å²) in [7, 11) is 0. The number of nitriles is 1. The van der Waals surface area contributed by atoms with E-state index >= 15 is 0 Å². The van der Waals surface area contributed by atoms with Crippen molar-refractivity contribution < 1.29 is 14.7 Å². The molecule has 0 aromatic heterocycles. The summed E-state index contributed by atoms with van der Waals surface area (Å²) < 4.78 is 0. The second kappa shape index (κ2) is 7.28. The van der Waals surface area contributed by atoms with Gasteiger partial charge in [-0.1, -0.05) is 11.8 Å². The van der Waals surface area contributed by atoms with E-state index in [0.29, 0.717) is 17.4 Å². The third kappa shape index (κ3) is 4.10. The van der Waals surface area contributed by atoms with E-state index < -0.39 is 11.9 Å². The highest BCUT2D eigenvalue weighted by Gasteiger charge is 2.11. The number of nitrogens with one attached hydrogen (secondary N) is 2. The molecule has 1 amide bonds. The van der Waals surface area contributed by atoms with Crippen molar-refractivity contribution in [3.8, 4) is 6.07 Å². The van der Waals surface area contributed by atoms with Crippen molar-refractivity contribution in [1.29, 1.82) is 5.26 Å². The smallest absolute Gasteiger partial charge is 0.335 e. The molecule has 0 spiro atoms. The molecule has 22 heavy (non-hydrogen) atoms. The number of rotatable bonds is 4. The minimum Gasteiger partial charge on any atom is -0.478 e. The van der Waals surface area contributed by atoms with Crippen molar-refractivity contribution >= 4 is 34.5 Å². The number of benzene rings is 1. The van der Waals surface area contributed by atoms with Crippen LogP contribution >= 0.6 is 11.8 Å². The molecule has 0 aliphatic carbocycles. The van der Waals surface area contributed by atoms with Gasteiger partial charge in [0.25, 0.3) is 5.91 Å². The maximum atomic E-state index is 12.0. The highest BCUT2D eigenvalue weighted by atomic mass is 32.2. The number of carbonyl (C=O) groups excluding carboxylic acids is 1. The molecular formula is C14H12N4O3S. The average Bonchev–Trinajstić information content (AvgIpc) is 3.01. The molecular weight excluding hydrogens is 304 g/mol. The van der Waals surface area contributed by atoms with Gasteiger partial charge in [0.2, 0.25) is 0 Å². The quantitative estimate of drug-likeness (QED) is 0.572. The van der Waals surface area contributed by atoms with E-state index in [1.165, 1.54) is 42.2 Å². The number of carboxylic acids is 1. The Morgan fingerprint density at radius 2 is 2.09 bits per heavy atom. The molecule has 8 heteroatoms. The lowest BCUT2D eigenvalue weighted by atomic mass is 10.2. The molecule has 1 heterocycles. The molecule has 0 unspecified atom stereocenters. The van der Waals surface area contributed by atoms with Crippen molar-refractivity contribution in [2.75, 3.05) is 17.6 Å². The van der Waals surface area contributed by atoms with Gasteiger partial charge in [-0.05, 0) is 24.3 Å². The van der Waals surface area contributed by atoms with Gasteiger partial charge in [0.05, 0.1) is 12.1 Å². The summed E-state index contributed by atoms with van der Waals surface area (Å²) in [4.78, 5) is 26.8. The van der Waals surface area contributed by atoms with E-state index in [4.69, 9.17) is 10.4 Å². The van der Waals surface area contributed by atoms with Gasteiger partial charge in [0, 0.05) is 17.6 Å². The SMILES string of the molecule is N#C/C(=C/NC1=NCCS1)C(=O)Nc1ccc(C(=O)O)cc1. The van der Waals surface area contributed by atoms with Crippen molar-refractivity contribution in [2.45, 2.75) is 0 Å². The van der Waals surface area contributed by atoms with E-state index in [-0.39, 0.29) is 11.1 Å². The molecule has 0 radical (unpaired) electrons. The van der Waals surface area contributed by atoms with Crippen LogP contribution in [0.1, 0.15) is 10.4 Å². The highest BCUT2D eigenvalue weighted by Crippen LogP contribution is 2.12. The van der Waals surface area contributed by atoms with Crippen LogP contribution in [0.3, 0.4) is 0 Å². The fourth-order valence-electron chi connectivity index (χ4n) is 1.60. The monoisotopic (exact) mass is 316 g/mol. The van der Waals surface area contributed by atoms with E-state index in [2.05, 4.69) is 15.6 Å². The van der Waals surface area contributed by atoms with Gasteiger partial charge in [-0.2, -0.15) is 5.26 Å². The lowest BCUT2D eigenvalue weighted by Gasteiger charge is -2.05. The van der Waals surface area contributed by atoms with Crippen LogP contribution in [-0.4, -0.2) is 34.4 Å². The summed E-state index contributed by atoms with van der Waals surface area (Å²) >= 11 is 1.51. The predicted octanol–water partition coefficient (Wildman–Crippen LogP) is 1.42. The Kier molecular flexibility index (Phi) is 5.16. The highest BCUT2D eigenvalue weighted by molar-refractivity contribution is 8.14. The minimum absolute atomic E-state index is 0.0995. The van der Waals surface area contributed by atoms with Crippen LogP contribution < -0.4 is 10.6 Å². The summed E-state index contributed by atoms with van der Waals surface area (Å²) in [5.74, 6) is -0.753. The van der Waals surface area contributed by atoms with E-state index in [0.717, 1.165) is 5.75 Å². The predicted molar refractivity (Wildman–Crippen MR) is 83.6 cm³/mol. The molecule has 0 atom stereocenters. The number of hydrogen-bond acceptors (Lipinski definition) is 6. The number of anilines is 1. The molecule has 112 valence electrons. The van der Waals surface area contributed by atoms with Crippen LogP contribution in [0, 0.1) is 11.3 Å². The standard InChI is InChI=1S/C14H12N4O3S/c15-7-10(8-17-14-16-5-6-22-14)12(19)18-11-3-1-9(2-4-11)13(20)21/h1-4,8H,5-6H2,(H,16,17)(H,18,19)(H,20,21)/b10-8-. The summed E-state index contributed by atoms with van der Waals surface area (Å²) in [5, 5.41) is 23.8. The molecule has 2 rings (SSSR count). The Morgan fingerprint density at radius 1 is 1.36 bits per heavy atom. The first kappa shape index (κ1) is 15.6. The molecule has 1 aliphatic heterocycles. The molecule has 1 aliphatic rings. The topological polar surface area (TPSA) is 115 Å². The van der Waals surface area contributed by atoms with Crippen molar-refractivity contribution in [3.05, 3.63) is 41.6 Å². The van der Waals surface area contributed by atoms with Gasteiger partial charge in [-0.15, -0.1) is 0 Å². The number of carbonyl (C=O) groups is 2. The normalized spacial score (nSPS) is 14.0. The van der Waals surface area contributed by atoms with E-state index in [1.807, 2.05) is 0 Å². The minimum atomic E-state index is -1.05. The Bertz CT molecular complexity index is 689. The second-order valence-electron chi connectivity index (χ2n) is 4.19. The Labute approximate surface area is 130 Å². The number of amides is 1. The third-order valence-electron chi connectivity index (χ3n) is 2.68. The first-order chi connectivity index (χ1) is 10.6. The van der Waals surface area contributed by atoms with Gasteiger partial charge in [-0.25, -0.2) is 4.79 Å². The van der Waals surface area contributed by atoms with Gasteiger partial charge in [-0.3, -0.25) is 9.79 Å². The molecule has 0 saturated carbocycles. The fourth-order valence-corrected chi connectivity index (χ4v) is 2.30. The van der Waals surface area contributed by atoms with E-state index in [1.54, 1.807) is 6.07 Å².